The van der Waals surface area contributed by atoms with E-state index in [4.69, 9.17) is 5.73 Å². The van der Waals surface area contributed by atoms with Crippen molar-refractivity contribution in [3.05, 3.63) is 54.6 Å². The number of anilines is 3. The summed E-state index contributed by atoms with van der Waals surface area (Å²) in [5.74, 6) is 1.28. The number of benzene rings is 2. The minimum Gasteiger partial charge on any atom is -0.383 e. The summed E-state index contributed by atoms with van der Waals surface area (Å²) in [5.41, 5.74) is 8.27. The number of nitrogens with two attached hydrogens (primary N) is 1. The standard InChI is InChI=1S/C18H19N5/c19-17-15-8-4-5-9-16(15)20-18(21-17)23-12-10-22(11-13-23)14-6-2-1-3-7-14/h1-9H,10-13H2,(H2,19,20,21). The van der Waals surface area contributed by atoms with Crippen molar-refractivity contribution in [2.75, 3.05) is 41.7 Å². The minimum atomic E-state index is 0.552. The monoisotopic (exact) mass is 305 g/mol. The predicted octanol–water partition coefficient (Wildman–Crippen LogP) is 2.54. The molecule has 0 amide bonds. The molecule has 1 saturated heterocycles. The van der Waals surface area contributed by atoms with Crippen molar-refractivity contribution in [1.29, 1.82) is 0 Å². The van der Waals surface area contributed by atoms with E-state index in [0.29, 0.717) is 5.82 Å². The first-order chi connectivity index (χ1) is 11.3. The predicted molar refractivity (Wildman–Crippen MR) is 94.8 cm³/mol. The normalized spacial score (nSPS) is 15.1. The first-order valence-electron chi connectivity index (χ1n) is 7.88. The van der Waals surface area contributed by atoms with Crippen LogP contribution in [0.5, 0.6) is 0 Å². The third-order valence-electron chi connectivity index (χ3n) is 4.30. The van der Waals surface area contributed by atoms with Crippen LogP contribution in [0.4, 0.5) is 17.5 Å². The van der Waals surface area contributed by atoms with Crippen LogP contribution in [-0.2, 0) is 0 Å². The second-order valence-corrected chi connectivity index (χ2v) is 5.74. The minimum absolute atomic E-state index is 0.552. The van der Waals surface area contributed by atoms with Gasteiger partial charge < -0.3 is 15.5 Å². The number of nitrogen functional groups attached to an aromatic ring is 1. The van der Waals surface area contributed by atoms with Gasteiger partial charge in [0.05, 0.1) is 5.52 Å². The molecule has 1 aliphatic rings. The Hall–Kier alpha value is -2.82. The fourth-order valence-corrected chi connectivity index (χ4v) is 3.03. The van der Waals surface area contributed by atoms with Crippen molar-refractivity contribution in [3.63, 3.8) is 0 Å². The Morgan fingerprint density at radius 1 is 0.739 bits per heavy atom. The van der Waals surface area contributed by atoms with E-state index in [9.17, 15) is 0 Å². The van der Waals surface area contributed by atoms with E-state index in [-0.39, 0.29) is 0 Å². The molecule has 0 radical (unpaired) electrons. The largest absolute Gasteiger partial charge is 0.383 e. The van der Waals surface area contributed by atoms with Gasteiger partial charge in [0.2, 0.25) is 5.95 Å². The zero-order chi connectivity index (χ0) is 15.6. The van der Waals surface area contributed by atoms with Gasteiger partial charge in [0.15, 0.2) is 0 Å². The molecule has 1 aromatic heterocycles. The molecule has 116 valence electrons. The van der Waals surface area contributed by atoms with Gasteiger partial charge in [-0.25, -0.2) is 4.98 Å². The van der Waals surface area contributed by atoms with Gasteiger partial charge in [-0.3, -0.25) is 0 Å². The van der Waals surface area contributed by atoms with Crippen LogP contribution in [0.3, 0.4) is 0 Å². The third kappa shape index (κ3) is 2.65. The number of rotatable bonds is 2. The van der Waals surface area contributed by atoms with Crippen molar-refractivity contribution in [1.82, 2.24) is 9.97 Å². The molecule has 1 fully saturated rings. The number of fused-ring (bicyclic) bond motifs is 1. The summed E-state index contributed by atoms with van der Waals surface area (Å²) in [7, 11) is 0. The Labute approximate surface area is 135 Å². The average Bonchev–Trinajstić information content (AvgIpc) is 2.63. The van der Waals surface area contributed by atoms with Gasteiger partial charge in [0.25, 0.3) is 0 Å². The van der Waals surface area contributed by atoms with Crippen LogP contribution in [0.2, 0.25) is 0 Å². The first-order valence-corrected chi connectivity index (χ1v) is 7.88. The number of para-hydroxylation sites is 2. The molecule has 2 heterocycles. The lowest BCUT2D eigenvalue weighted by atomic mass is 10.2. The fraction of sp³-hybridized carbons (Fsp3) is 0.222. The second-order valence-electron chi connectivity index (χ2n) is 5.74. The van der Waals surface area contributed by atoms with Gasteiger partial charge in [-0.1, -0.05) is 30.3 Å². The Balaban J connectivity index is 1.54. The molecule has 5 nitrogen and oxygen atoms in total. The maximum atomic E-state index is 6.09. The molecule has 23 heavy (non-hydrogen) atoms. The highest BCUT2D eigenvalue weighted by Gasteiger charge is 2.20. The van der Waals surface area contributed by atoms with Gasteiger partial charge in [0, 0.05) is 37.3 Å². The number of aromatic nitrogens is 2. The van der Waals surface area contributed by atoms with E-state index in [1.54, 1.807) is 0 Å². The van der Waals surface area contributed by atoms with Crippen molar-refractivity contribution in [2.45, 2.75) is 0 Å². The Bertz CT molecular complexity index is 810. The van der Waals surface area contributed by atoms with Crippen LogP contribution < -0.4 is 15.5 Å². The molecule has 0 unspecified atom stereocenters. The van der Waals surface area contributed by atoms with Crippen molar-refractivity contribution < 1.29 is 0 Å². The van der Waals surface area contributed by atoms with Gasteiger partial charge in [-0.2, -0.15) is 4.98 Å². The zero-order valence-electron chi connectivity index (χ0n) is 12.9. The molecule has 2 N–H and O–H groups in total. The molecule has 0 saturated carbocycles. The Morgan fingerprint density at radius 3 is 2.17 bits per heavy atom. The van der Waals surface area contributed by atoms with E-state index in [1.807, 2.05) is 30.3 Å². The molecule has 1 aliphatic heterocycles. The highest BCUT2D eigenvalue weighted by atomic mass is 15.3. The summed E-state index contributed by atoms with van der Waals surface area (Å²) in [4.78, 5) is 13.8. The molecule has 0 aliphatic carbocycles. The van der Waals surface area contributed by atoms with Crippen LogP contribution in [0.15, 0.2) is 54.6 Å². The van der Waals surface area contributed by atoms with E-state index in [2.05, 4.69) is 44.0 Å². The Morgan fingerprint density at radius 2 is 1.39 bits per heavy atom. The third-order valence-corrected chi connectivity index (χ3v) is 4.30. The summed E-state index contributed by atoms with van der Waals surface area (Å²) < 4.78 is 0. The molecular weight excluding hydrogens is 286 g/mol. The summed E-state index contributed by atoms with van der Waals surface area (Å²) in [6.45, 7) is 3.71. The SMILES string of the molecule is Nc1nc(N2CCN(c3ccccc3)CC2)nc2ccccc12. The first kappa shape index (κ1) is 13.8. The van der Waals surface area contributed by atoms with E-state index >= 15 is 0 Å². The zero-order valence-corrected chi connectivity index (χ0v) is 12.9. The molecule has 4 rings (SSSR count). The highest BCUT2D eigenvalue weighted by Crippen LogP contribution is 2.23. The average molecular weight is 305 g/mol. The smallest absolute Gasteiger partial charge is 0.228 e. The molecule has 5 heteroatoms. The lowest BCUT2D eigenvalue weighted by Crippen LogP contribution is -2.47. The number of hydrogen-bond donors (Lipinski definition) is 1. The van der Waals surface area contributed by atoms with Crippen molar-refractivity contribution >= 4 is 28.4 Å². The van der Waals surface area contributed by atoms with Gasteiger partial charge in [-0.05, 0) is 24.3 Å². The van der Waals surface area contributed by atoms with Gasteiger partial charge in [-0.15, -0.1) is 0 Å². The summed E-state index contributed by atoms with van der Waals surface area (Å²) in [6.07, 6.45) is 0. The molecule has 0 bridgehead atoms. The Kier molecular flexibility index (Phi) is 3.46. The summed E-state index contributed by atoms with van der Waals surface area (Å²) in [5, 5.41) is 0.916. The number of nitrogens with zero attached hydrogens (tertiary/aromatic N) is 4. The highest BCUT2D eigenvalue weighted by molar-refractivity contribution is 5.88. The maximum Gasteiger partial charge on any atom is 0.228 e. The number of piperazine rings is 1. The maximum absolute atomic E-state index is 6.09. The van der Waals surface area contributed by atoms with Crippen LogP contribution >= 0.6 is 0 Å². The van der Waals surface area contributed by atoms with E-state index < -0.39 is 0 Å². The quantitative estimate of drug-likeness (QED) is 0.788. The molecule has 3 aromatic rings. The van der Waals surface area contributed by atoms with Crippen LogP contribution in [0.1, 0.15) is 0 Å². The molecule has 0 atom stereocenters. The number of hydrogen-bond acceptors (Lipinski definition) is 5. The van der Waals surface area contributed by atoms with E-state index in [0.717, 1.165) is 43.0 Å². The van der Waals surface area contributed by atoms with Crippen LogP contribution in [-0.4, -0.2) is 36.1 Å². The fourth-order valence-electron chi connectivity index (χ4n) is 3.03. The van der Waals surface area contributed by atoms with Crippen molar-refractivity contribution in [3.8, 4) is 0 Å². The lowest BCUT2D eigenvalue weighted by Gasteiger charge is -2.36. The summed E-state index contributed by atoms with van der Waals surface area (Å²) >= 11 is 0. The van der Waals surface area contributed by atoms with Crippen molar-refractivity contribution in [2.24, 2.45) is 0 Å². The van der Waals surface area contributed by atoms with Crippen LogP contribution in [0.25, 0.3) is 10.9 Å². The topological polar surface area (TPSA) is 58.3 Å². The molecular formula is C18H19N5. The lowest BCUT2D eigenvalue weighted by molar-refractivity contribution is 0.641. The van der Waals surface area contributed by atoms with Crippen LogP contribution in [0, 0.1) is 0 Å². The molecule has 0 spiro atoms. The van der Waals surface area contributed by atoms with Gasteiger partial charge in [0.1, 0.15) is 5.82 Å². The molecule has 2 aromatic carbocycles. The van der Waals surface area contributed by atoms with Gasteiger partial charge >= 0.3 is 0 Å². The second kappa shape index (κ2) is 5.76. The van der Waals surface area contributed by atoms with E-state index in [1.165, 1.54) is 5.69 Å². The summed E-state index contributed by atoms with van der Waals surface area (Å²) in [6, 6.07) is 18.4.